The van der Waals surface area contributed by atoms with Crippen LogP contribution in [-0.2, 0) is 6.54 Å². The van der Waals surface area contributed by atoms with E-state index in [9.17, 15) is 4.79 Å². The SMILES string of the molecule is CCn1cc(C(C)NC(=O)c2ccc(Br)cc2)c(C)n1. The van der Waals surface area contributed by atoms with E-state index in [0.29, 0.717) is 5.56 Å². The lowest BCUT2D eigenvalue weighted by Gasteiger charge is -2.13. The molecule has 0 aliphatic rings. The molecule has 1 unspecified atom stereocenters. The molecular formula is C15H18BrN3O. The van der Waals surface area contributed by atoms with Gasteiger partial charge in [0.15, 0.2) is 0 Å². The van der Waals surface area contributed by atoms with Gasteiger partial charge in [0.25, 0.3) is 5.91 Å². The van der Waals surface area contributed by atoms with Crippen molar-refractivity contribution >= 4 is 21.8 Å². The van der Waals surface area contributed by atoms with Gasteiger partial charge in [-0.1, -0.05) is 15.9 Å². The number of rotatable bonds is 4. The quantitative estimate of drug-likeness (QED) is 0.929. The highest BCUT2D eigenvalue weighted by atomic mass is 79.9. The second-order valence-electron chi connectivity index (χ2n) is 4.73. The largest absolute Gasteiger partial charge is 0.345 e. The van der Waals surface area contributed by atoms with E-state index >= 15 is 0 Å². The summed E-state index contributed by atoms with van der Waals surface area (Å²) in [4.78, 5) is 12.2. The number of hydrogen-bond donors (Lipinski definition) is 1. The zero-order valence-corrected chi connectivity index (χ0v) is 13.4. The van der Waals surface area contributed by atoms with Gasteiger partial charge in [0.05, 0.1) is 11.7 Å². The minimum absolute atomic E-state index is 0.0635. The monoisotopic (exact) mass is 335 g/mol. The van der Waals surface area contributed by atoms with Gasteiger partial charge in [-0.3, -0.25) is 9.48 Å². The molecule has 20 heavy (non-hydrogen) atoms. The average molecular weight is 336 g/mol. The van der Waals surface area contributed by atoms with Gasteiger partial charge in [0.1, 0.15) is 0 Å². The summed E-state index contributed by atoms with van der Waals surface area (Å²) in [5.74, 6) is -0.0753. The standard InChI is InChI=1S/C15H18BrN3O/c1-4-19-9-14(11(3)18-19)10(2)17-15(20)12-5-7-13(16)8-6-12/h5-10H,4H2,1-3H3,(H,17,20). The van der Waals surface area contributed by atoms with Crippen LogP contribution in [-0.4, -0.2) is 15.7 Å². The van der Waals surface area contributed by atoms with Crippen molar-refractivity contribution in [1.29, 1.82) is 0 Å². The van der Waals surface area contributed by atoms with Gasteiger partial charge >= 0.3 is 0 Å². The van der Waals surface area contributed by atoms with Gasteiger partial charge in [-0.25, -0.2) is 0 Å². The molecular weight excluding hydrogens is 318 g/mol. The highest BCUT2D eigenvalue weighted by molar-refractivity contribution is 9.10. The molecule has 4 nitrogen and oxygen atoms in total. The number of hydrogen-bond acceptors (Lipinski definition) is 2. The molecule has 0 radical (unpaired) electrons. The summed E-state index contributed by atoms with van der Waals surface area (Å²) in [5, 5.41) is 7.40. The topological polar surface area (TPSA) is 46.9 Å². The van der Waals surface area contributed by atoms with E-state index in [1.165, 1.54) is 0 Å². The number of halogens is 1. The highest BCUT2D eigenvalue weighted by Crippen LogP contribution is 2.17. The van der Waals surface area contributed by atoms with E-state index in [4.69, 9.17) is 0 Å². The number of benzene rings is 1. The van der Waals surface area contributed by atoms with Crippen molar-refractivity contribution in [2.45, 2.75) is 33.4 Å². The van der Waals surface area contributed by atoms with Gasteiger partial charge in [-0.15, -0.1) is 0 Å². The molecule has 5 heteroatoms. The molecule has 106 valence electrons. The number of aromatic nitrogens is 2. The Labute approximate surface area is 127 Å². The normalized spacial score (nSPS) is 12.2. The number of carbonyl (C=O) groups excluding carboxylic acids is 1. The zero-order valence-electron chi connectivity index (χ0n) is 11.9. The first-order valence-electron chi connectivity index (χ1n) is 6.61. The van der Waals surface area contributed by atoms with E-state index < -0.39 is 0 Å². The molecule has 0 fully saturated rings. The van der Waals surface area contributed by atoms with Crippen molar-refractivity contribution in [3.05, 3.63) is 51.8 Å². The number of amides is 1. The summed E-state index contributed by atoms with van der Waals surface area (Å²) in [5.41, 5.74) is 2.66. The highest BCUT2D eigenvalue weighted by Gasteiger charge is 2.15. The lowest BCUT2D eigenvalue weighted by molar-refractivity contribution is 0.0940. The van der Waals surface area contributed by atoms with E-state index in [0.717, 1.165) is 22.3 Å². The first-order chi connectivity index (χ1) is 9.51. The summed E-state index contributed by atoms with van der Waals surface area (Å²) in [6.07, 6.45) is 1.99. The molecule has 2 rings (SSSR count). The second-order valence-corrected chi connectivity index (χ2v) is 5.64. The number of nitrogens with zero attached hydrogens (tertiary/aromatic N) is 2. The summed E-state index contributed by atoms with van der Waals surface area (Å²) in [7, 11) is 0. The van der Waals surface area contributed by atoms with Crippen LogP contribution in [0.25, 0.3) is 0 Å². The molecule has 1 aromatic carbocycles. The number of nitrogens with one attached hydrogen (secondary N) is 1. The smallest absolute Gasteiger partial charge is 0.251 e. The van der Waals surface area contributed by atoms with E-state index in [1.54, 1.807) is 12.1 Å². The van der Waals surface area contributed by atoms with Crippen molar-refractivity contribution in [3.8, 4) is 0 Å². The van der Waals surface area contributed by atoms with Crippen LogP contribution in [0.15, 0.2) is 34.9 Å². The Morgan fingerprint density at radius 3 is 2.60 bits per heavy atom. The number of aryl methyl sites for hydroxylation is 2. The molecule has 0 saturated carbocycles. The van der Waals surface area contributed by atoms with Crippen molar-refractivity contribution in [3.63, 3.8) is 0 Å². The van der Waals surface area contributed by atoms with Crippen molar-refractivity contribution in [2.24, 2.45) is 0 Å². The Hall–Kier alpha value is -1.62. The summed E-state index contributed by atoms with van der Waals surface area (Å²) in [6, 6.07) is 7.26. The fourth-order valence-electron chi connectivity index (χ4n) is 2.08. The maximum Gasteiger partial charge on any atom is 0.251 e. The van der Waals surface area contributed by atoms with Crippen molar-refractivity contribution < 1.29 is 4.79 Å². The third-order valence-electron chi connectivity index (χ3n) is 3.23. The summed E-state index contributed by atoms with van der Waals surface area (Å²) in [6.45, 7) is 6.81. The molecule has 0 spiro atoms. The Morgan fingerprint density at radius 2 is 2.05 bits per heavy atom. The van der Waals surface area contributed by atoms with Crippen LogP contribution in [0.5, 0.6) is 0 Å². The van der Waals surface area contributed by atoms with Crippen LogP contribution < -0.4 is 5.32 Å². The molecule has 1 heterocycles. The van der Waals surface area contributed by atoms with Crippen molar-refractivity contribution in [1.82, 2.24) is 15.1 Å². The van der Waals surface area contributed by atoms with Crippen LogP contribution in [0.2, 0.25) is 0 Å². The predicted molar refractivity (Wildman–Crippen MR) is 82.7 cm³/mol. The Balaban J connectivity index is 2.10. The van der Waals surface area contributed by atoms with Crippen LogP contribution >= 0.6 is 15.9 Å². The second kappa shape index (κ2) is 6.22. The third kappa shape index (κ3) is 3.28. The van der Waals surface area contributed by atoms with Gasteiger partial charge in [0.2, 0.25) is 0 Å². The van der Waals surface area contributed by atoms with Crippen LogP contribution in [0.3, 0.4) is 0 Å². The predicted octanol–water partition coefficient (Wildman–Crippen LogP) is 3.46. The molecule has 0 aliphatic heterocycles. The molecule has 0 aliphatic carbocycles. The maximum absolute atomic E-state index is 12.2. The fraction of sp³-hybridized carbons (Fsp3) is 0.333. The van der Waals surface area contributed by atoms with Crippen LogP contribution in [0.1, 0.15) is 41.5 Å². The fourth-order valence-corrected chi connectivity index (χ4v) is 2.34. The Bertz CT molecular complexity index is 604. The Morgan fingerprint density at radius 1 is 1.40 bits per heavy atom. The van der Waals surface area contributed by atoms with E-state index in [1.807, 2.05) is 43.8 Å². The van der Waals surface area contributed by atoms with Gasteiger partial charge < -0.3 is 5.32 Å². The lowest BCUT2D eigenvalue weighted by Crippen LogP contribution is -2.26. The van der Waals surface area contributed by atoms with Crippen LogP contribution in [0, 0.1) is 6.92 Å². The first-order valence-corrected chi connectivity index (χ1v) is 7.41. The van der Waals surface area contributed by atoms with Gasteiger partial charge in [-0.05, 0) is 45.0 Å². The molecule has 1 N–H and O–H groups in total. The Kier molecular flexibility index (Phi) is 4.60. The molecule has 0 saturated heterocycles. The zero-order chi connectivity index (χ0) is 14.7. The van der Waals surface area contributed by atoms with E-state index in [-0.39, 0.29) is 11.9 Å². The summed E-state index contributed by atoms with van der Waals surface area (Å²) >= 11 is 3.36. The molecule has 1 aromatic heterocycles. The third-order valence-corrected chi connectivity index (χ3v) is 3.76. The summed E-state index contributed by atoms with van der Waals surface area (Å²) < 4.78 is 2.84. The molecule has 2 aromatic rings. The molecule has 1 atom stereocenters. The van der Waals surface area contributed by atoms with Gasteiger partial charge in [0, 0.05) is 28.3 Å². The van der Waals surface area contributed by atoms with Crippen LogP contribution in [0.4, 0.5) is 0 Å². The average Bonchev–Trinajstić information content (AvgIpc) is 2.80. The maximum atomic E-state index is 12.2. The van der Waals surface area contributed by atoms with Crippen molar-refractivity contribution in [2.75, 3.05) is 0 Å². The first kappa shape index (κ1) is 14.8. The van der Waals surface area contributed by atoms with Gasteiger partial charge in [-0.2, -0.15) is 5.10 Å². The minimum atomic E-state index is -0.0753. The van der Waals surface area contributed by atoms with E-state index in [2.05, 4.69) is 26.3 Å². The molecule has 0 bridgehead atoms. The minimum Gasteiger partial charge on any atom is -0.345 e. The molecule has 1 amide bonds. The number of carbonyl (C=O) groups is 1. The lowest BCUT2D eigenvalue weighted by atomic mass is 10.1.